The van der Waals surface area contributed by atoms with Crippen molar-refractivity contribution >= 4 is 44.9 Å². The van der Waals surface area contributed by atoms with Crippen LogP contribution < -0.4 is 10.9 Å². The summed E-state index contributed by atoms with van der Waals surface area (Å²) in [6.45, 7) is 10.4. The fourth-order valence-electron chi connectivity index (χ4n) is 3.01. The van der Waals surface area contributed by atoms with E-state index in [-0.39, 0.29) is 17.2 Å². The number of anilines is 1. The number of amides is 1. The highest BCUT2D eigenvalue weighted by Crippen LogP contribution is 2.28. The summed E-state index contributed by atoms with van der Waals surface area (Å²) in [5.74, 6) is 0.0997. The number of carbonyl (C=O) groups excluding carboxylic acids is 1. The monoisotopic (exact) mass is 401 g/mol. The molecule has 142 valence electrons. The number of thioether (sulfide) groups is 1. The molecule has 1 aromatic carbocycles. The van der Waals surface area contributed by atoms with Gasteiger partial charge >= 0.3 is 0 Å². The second kappa shape index (κ2) is 7.86. The van der Waals surface area contributed by atoms with E-state index in [9.17, 15) is 9.59 Å². The lowest BCUT2D eigenvalue weighted by Gasteiger charge is -2.12. The van der Waals surface area contributed by atoms with Gasteiger partial charge in [0.1, 0.15) is 4.83 Å². The van der Waals surface area contributed by atoms with Crippen LogP contribution >= 0.6 is 23.1 Å². The summed E-state index contributed by atoms with van der Waals surface area (Å²) in [6, 6.07) is 5.92. The van der Waals surface area contributed by atoms with E-state index in [1.54, 1.807) is 4.57 Å². The molecule has 0 aliphatic heterocycles. The number of fused-ring (bicyclic) bond motifs is 1. The molecule has 0 aliphatic rings. The Morgan fingerprint density at radius 3 is 2.52 bits per heavy atom. The molecular weight excluding hydrogens is 378 g/mol. The molecule has 3 rings (SSSR count). The molecule has 0 fully saturated rings. The Bertz CT molecular complexity index is 1060. The maximum Gasteiger partial charge on any atom is 0.263 e. The molecule has 0 saturated heterocycles. The van der Waals surface area contributed by atoms with Gasteiger partial charge in [-0.2, -0.15) is 0 Å². The van der Waals surface area contributed by atoms with Crippen molar-refractivity contribution in [3.05, 3.63) is 50.1 Å². The smallest absolute Gasteiger partial charge is 0.263 e. The molecule has 0 atom stereocenters. The largest absolute Gasteiger partial charge is 0.325 e. The first kappa shape index (κ1) is 19.6. The zero-order chi connectivity index (χ0) is 19.7. The van der Waals surface area contributed by atoms with E-state index in [2.05, 4.69) is 10.3 Å². The fourth-order valence-corrected chi connectivity index (χ4v) is 4.95. The fraction of sp³-hybridized carbons (Fsp3) is 0.350. The number of benzene rings is 1. The van der Waals surface area contributed by atoms with Crippen LogP contribution in [0.2, 0.25) is 0 Å². The number of nitrogens with zero attached hydrogens (tertiary/aromatic N) is 2. The number of carbonyl (C=O) groups is 1. The summed E-state index contributed by atoms with van der Waals surface area (Å²) < 4.78 is 1.65. The van der Waals surface area contributed by atoms with Crippen LogP contribution in [0.25, 0.3) is 10.2 Å². The number of aromatic nitrogens is 2. The van der Waals surface area contributed by atoms with Gasteiger partial charge in [0.05, 0.1) is 11.1 Å². The Morgan fingerprint density at radius 1 is 1.22 bits per heavy atom. The molecule has 0 spiro atoms. The molecule has 2 heterocycles. The molecular formula is C20H23N3O2S2. The van der Waals surface area contributed by atoms with Gasteiger partial charge in [-0.25, -0.2) is 4.98 Å². The molecule has 2 aromatic heterocycles. The van der Waals surface area contributed by atoms with Gasteiger partial charge in [0.25, 0.3) is 5.56 Å². The number of rotatable bonds is 5. The van der Waals surface area contributed by atoms with Crippen molar-refractivity contribution in [2.75, 3.05) is 11.1 Å². The van der Waals surface area contributed by atoms with E-state index in [0.717, 1.165) is 32.1 Å². The highest BCUT2D eigenvalue weighted by molar-refractivity contribution is 7.99. The normalized spacial score (nSPS) is 11.1. The van der Waals surface area contributed by atoms with Gasteiger partial charge in [-0.3, -0.25) is 14.2 Å². The van der Waals surface area contributed by atoms with Crippen LogP contribution in [0.3, 0.4) is 0 Å². The molecule has 0 bridgehead atoms. The lowest BCUT2D eigenvalue weighted by Crippen LogP contribution is -2.23. The topological polar surface area (TPSA) is 64.0 Å². The maximum atomic E-state index is 12.9. The molecule has 7 heteroatoms. The number of para-hydroxylation sites is 1. The molecule has 0 saturated carbocycles. The summed E-state index contributed by atoms with van der Waals surface area (Å²) in [4.78, 5) is 31.8. The molecule has 1 N–H and O–H groups in total. The van der Waals surface area contributed by atoms with E-state index >= 15 is 0 Å². The van der Waals surface area contributed by atoms with Gasteiger partial charge in [0, 0.05) is 17.1 Å². The highest BCUT2D eigenvalue weighted by atomic mass is 32.2. The van der Waals surface area contributed by atoms with E-state index in [1.807, 2.05) is 52.8 Å². The molecule has 3 aromatic rings. The minimum atomic E-state index is -0.104. The third kappa shape index (κ3) is 3.80. The molecule has 0 unspecified atom stereocenters. The Kier molecular flexibility index (Phi) is 5.72. The van der Waals surface area contributed by atoms with E-state index in [1.165, 1.54) is 23.1 Å². The first-order valence-electron chi connectivity index (χ1n) is 8.82. The molecule has 1 amide bonds. The summed E-state index contributed by atoms with van der Waals surface area (Å²) >= 11 is 2.83. The predicted molar refractivity (Wildman–Crippen MR) is 114 cm³/mol. The van der Waals surface area contributed by atoms with Crippen molar-refractivity contribution in [2.45, 2.75) is 46.3 Å². The second-order valence-electron chi connectivity index (χ2n) is 6.51. The third-order valence-corrected chi connectivity index (χ3v) is 6.73. The molecule has 0 radical (unpaired) electrons. The Morgan fingerprint density at radius 2 is 1.89 bits per heavy atom. The van der Waals surface area contributed by atoms with Gasteiger partial charge in [0.2, 0.25) is 5.91 Å². The molecule has 27 heavy (non-hydrogen) atoms. The van der Waals surface area contributed by atoms with Crippen molar-refractivity contribution in [3.8, 4) is 0 Å². The molecule has 5 nitrogen and oxygen atoms in total. The first-order valence-corrected chi connectivity index (χ1v) is 10.6. The van der Waals surface area contributed by atoms with Crippen molar-refractivity contribution in [1.82, 2.24) is 9.55 Å². The number of thiophene rings is 1. The predicted octanol–water partition coefficient (Wildman–Crippen LogP) is 4.44. The SMILES string of the molecule is CCn1c(SCC(=O)Nc2c(C)cccc2C)nc2sc(C)c(C)c2c1=O. The van der Waals surface area contributed by atoms with Crippen LogP contribution in [0.1, 0.15) is 28.5 Å². The first-order chi connectivity index (χ1) is 12.8. The maximum absolute atomic E-state index is 12.9. The van der Waals surface area contributed by atoms with Crippen LogP contribution in [-0.2, 0) is 11.3 Å². The van der Waals surface area contributed by atoms with E-state index < -0.39 is 0 Å². The van der Waals surface area contributed by atoms with Gasteiger partial charge in [-0.15, -0.1) is 11.3 Å². The van der Waals surface area contributed by atoms with Gasteiger partial charge in [0.15, 0.2) is 5.16 Å². The zero-order valence-corrected chi connectivity index (χ0v) is 17.8. The average molecular weight is 402 g/mol. The highest BCUT2D eigenvalue weighted by Gasteiger charge is 2.17. The Labute approximate surface area is 166 Å². The summed E-state index contributed by atoms with van der Waals surface area (Å²) in [7, 11) is 0. The van der Waals surface area contributed by atoms with Crippen molar-refractivity contribution in [2.24, 2.45) is 0 Å². The standard InChI is InChI=1S/C20H23N3O2S2/c1-6-23-19(25)16-13(4)14(5)27-18(16)22-20(23)26-10-15(24)21-17-11(2)8-7-9-12(17)3/h7-9H,6,10H2,1-5H3,(H,21,24). The minimum absolute atomic E-state index is 0.0259. The van der Waals surface area contributed by atoms with Gasteiger partial charge < -0.3 is 5.32 Å². The average Bonchev–Trinajstić information content (AvgIpc) is 2.91. The van der Waals surface area contributed by atoms with Crippen molar-refractivity contribution in [3.63, 3.8) is 0 Å². The number of nitrogens with one attached hydrogen (secondary N) is 1. The minimum Gasteiger partial charge on any atom is -0.325 e. The Balaban J connectivity index is 1.84. The van der Waals surface area contributed by atoms with Crippen molar-refractivity contribution in [1.29, 1.82) is 0 Å². The summed E-state index contributed by atoms with van der Waals surface area (Å²) in [5.41, 5.74) is 3.88. The second-order valence-corrected chi connectivity index (χ2v) is 8.66. The van der Waals surface area contributed by atoms with Crippen molar-refractivity contribution < 1.29 is 4.79 Å². The molecule has 0 aliphatic carbocycles. The number of aryl methyl sites for hydroxylation is 4. The lowest BCUT2D eigenvalue weighted by atomic mass is 10.1. The number of hydrogen-bond acceptors (Lipinski definition) is 5. The number of hydrogen-bond donors (Lipinski definition) is 1. The third-order valence-electron chi connectivity index (χ3n) is 4.65. The van der Waals surface area contributed by atoms with E-state index in [0.29, 0.717) is 17.1 Å². The van der Waals surface area contributed by atoms with Crippen LogP contribution in [0, 0.1) is 27.7 Å². The van der Waals surface area contributed by atoms with Gasteiger partial charge in [-0.05, 0) is 51.3 Å². The quantitative estimate of drug-likeness (QED) is 0.507. The zero-order valence-electron chi connectivity index (χ0n) is 16.2. The van der Waals surface area contributed by atoms with Gasteiger partial charge in [-0.1, -0.05) is 30.0 Å². The van der Waals surface area contributed by atoms with Crippen LogP contribution in [0.15, 0.2) is 28.2 Å². The van der Waals surface area contributed by atoms with Crippen LogP contribution in [-0.4, -0.2) is 21.2 Å². The van der Waals surface area contributed by atoms with E-state index in [4.69, 9.17) is 0 Å². The van der Waals surface area contributed by atoms with Crippen LogP contribution in [0.5, 0.6) is 0 Å². The Hall–Kier alpha value is -2.12. The lowest BCUT2D eigenvalue weighted by molar-refractivity contribution is -0.113. The summed E-state index contributed by atoms with van der Waals surface area (Å²) in [5, 5.41) is 4.27. The van der Waals surface area contributed by atoms with Crippen LogP contribution in [0.4, 0.5) is 5.69 Å². The summed E-state index contributed by atoms with van der Waals surface area (Å²) in [6.07, 6.45) is 0.